The van der Waals surface area contributed by atoms with Gasteiger partial charge in [-0.1, -0.05) is 6.07 Å². The molecule has 7 heteroatoms. The average molecular weight is 290 g/mol. The SMILES string of the molecule is COc1ccc2c(c1OC)C(=O)OC2c1c(C)[nH][nH]c1=O. The molecular weight excluding hydrogens is 276 g/mol. The first-order chi connectivity index (χ1) is 10.1. The molecule has 0 saturated carbocycles. The second kappa shape index (κ2) is 4.69. The molecule has 1 aromatic carbocycles. The summed E-state index contributed by atoms with van der Waals surface area (Å²) in [6, 6.07) is 3.39. The molecule has 1 aliphatic rings. The number of H-pyrrole nitrogens is 2. The Morgan fingerprint density at radius 3 is 2.48 bits per heavy atom. The van der Waals surface area contributed by atoms with Gasteiger partial charge in [0.25, 0.3) is 5.56 Å². The lowest BCUT2D eigenvalue weighted by atomic mass is 9.98. The van der Waals surface area contributed by atoms with Gasteiger partial charge in [0.05, 0.1) is 19.8 Å². The Bertz CT molecular complexity index is 774. The van der Waals surface area contributed by atoms with Crippen LogP contribution in [-0.2, 0) is 4.74 Å². The Labute approximate surface area is 119 Å². The molecule has 0 radical (unpaired) electrons. The van der Waals surface area contributed by atoms with Crippen molar-refractivity contribution in [2.75, 3.05) is 14.2 Å². The summed E-state index contributed by atoms with van der Waals surface area (Å²) < 4.78 is 15.8. The molecule has 110 valence electrons. The molecule has 2 N–H and O–H groups in total. The molecule has 0 saturated heterocycles. The molecule has 7 nitrogen and oxygen atoms in total. The summed E-state index contributed by atoms with van der Waals surface area (Å²) in [7, 11) is 2.94. The van der Waals surface area contributed by atoms with Crippen molar-refractivity contribution in [2.45, 2.75) is 13.0 Å². The highest BCUT2D eigenvalue weighted by Gasteiger charge is 2.39. The monoisotopic (exact) mass is 290 g/mol. The van der Waals surface area contributed by atoms with Crippen molar-refractivity contribution in [3.05, 3.63) is 44.9 Å². The Kier molecular flexibility index (Phi) is 2.97. The van der Waals surface area contributed by atoms with Gasteiger partial charge >= 0.3 is 5.97 Å². The van der Waals surface area contributed by atoms with Gasteiger partial charge in [-0.15, -0.1) is 0 Å². The predicted molar refractivity (Wildman–Crippen MR) is 73.0 cm³/mol. The maximum absolute atomic E-state index is 12.2. The number of carbonyl (C=O) groups excluding carboxylic acids is 1. The maximum Gasteiger partial charge on any atom is 0.343 e. The summed E-state index contributed by atoms with van der Waals surface area (Å²) in [5.74, 6) is 0.214. The van der Waals surface area contributed by atoms with Crippen LogP contribution in [0.25, 0.3) is 0 Å². The number of esters is 1. The number of carbonyl (C=O) groups is 1. The number of nitrogens with one attached hydrogen (secondary N) is 2. The maximum atomic E-state index is 12.2. The highest BCUT2D eigenvalue weighted by atomic mass is 16.6. The first kappa shape index (κ1) is 13.3. The van der Waals surface area contributed by atoms with E-state index in [4.69, 9.17) is 14.2 Å². The third kappa shape index (κ3) is 1.81. The molecule has 2 heterocycles. The number of fused-ring (bicyclic) bond motifs is 1. The zero-order valence-corrected chi connectivity index (χ0v) is 11.8. The van der Waals surface area contributed by atoms with Gasteiger partial charge in [-0.25, -0.2) is 4.79 Å². The normalized spacial score (nSPS) is 16.5. The summed E-state index contributed by atoms with van der Waals surface area (Å²) >= 11 is 0. The molecule has 1 aliphatic heterocycles. The number of aromatic amines is 2. The quantitative estimate of drug-likeness (QED) is 0.831. The standard InChI is InChI=1S/C14H14N2O5/c1-6-9(13(17)16-15-6)11-7-4-5-8(19-2)12(20-3)10(7)14(18)21-11/h4-5,11H,1-3H3,(H2,15,16,17). The molecule has 1 unspecified atom stereocenters. The third-order valence-electron chi connectivity index (χ3n) is 3.56. The minimum Gasteiger partial charge on any atom is -0.493 e. The van der Waals surface area contributed by atoms with Crippen LogP contribution in [0.3, 0.4) is 0 Å². The number of hydrogen-bond donors (Lipinski definition) is 2. The zero-order valence-electron chi connectivity index (χ0n) is 11.8. The summed E-state index contributed by atoms with van der Waals surface area (Å²) in [5, 5.41) is 5.21. The summed E-state index contributed by atoms with van der Waals surface area (Å²) in [6.45, 7) is 1.74. The van der Waals surface area contributed by atoms with Gasteiger partial charge in [-0.2, -0.15) is 0 Å². The van der Waals surface area contributed by atoms with Crippen molar-refractivity contribution in [3.8, 4) is 11.5 Å². The molecule has 0 amide bonds. The van der Waals surface area contributed by atoms with E-state index in [1.54, 1.807) is 19.1 Å². The van der Waals surface area contributed by atoms with E-state index in [2.05, 4.69) is 10.2 Å². The lowest BCUT2D eigenvalue weighted by Gasteiger charge is -2.11. The van der Waals surface area contributed by atoms with Crippen LogP contribution in [0.5, 0.6) is 11.5 Å². The second-order valence-corrected chi connectivity index (χ2v) is 4.67. The number of cyclic esters (lactones) is 1. The molecular formula is C14H14N2O5. The van der Waals surface area contributed by atoms with E-state index >= 15 is 0 Å². The summed E-state index contributed by atoms with van der Waals surface area (Å²) in [4.78, 5) is 24.0. The van der Waals surface area contributed by atoms with Gasteiger partial charge in [-0.3, -0.25) is 9.89 Å². The predicted octanol–water partition coefficient (Wildman–Crippen LogP) is 1.29. The number of aryl methyl sites for hydroxylation is 1. The van der Waals surface area contributed by atoms with E-state index in [9.17, 15) is 9.59 Å². The molecule has 0 aliphatic carbocycles. The Morgan fingerprint density at radius 2 is 1.90 bits per heavy atom. The lowest BCUT2D eigenvalue weighted by Crippen LogP contribution is -2.13. The molecule has 0 bridgehead atoms. The second-order valence-electron chi connectivity index (χ2n) is 4.67. The third-order valence-corrected chi connectivity index (χ3v) is 3.56. The largest absolute Gasteiger partial charge is 0.493 e. The van der Waals surface area contributed by atoms with Crippen LogP contribution in [0.1, 0.15) is 33.3 Å². The molecule has 21 heavy (non-hydrogen) atoms. The van der Waals surface area contributed by atoms with E-state index in [1.165, 1.54) is 14.2 Å². The van der Waals surface area contributed by atoms with Gasteiger partial charge < -0.3 is 19.3 Å². The van der Waals surface area contributed by atoms with Crippen molar-refractivity contribution in [3.63, 3.8) is 0 Å². The number of benzene rings is 1. The van der Waals surface area contributed by atoms with Crippen molar-refractivity contribution < 1.29 is 19.0 Å². The van der Waals surface area contributed by atoms with Crippen LogP contribution in [0.15, 0.2) is 16.9 Å². The Morgan fingerprint density at radius 1 is 1.14 bits per heavy atom. The van der Waals surface area contributed by atoms with Crippen molar-refractivity contribution in [1.29, 1.82) is 0 Å². The van der Waals surface area contributed by atoms with E-state index < -0.39 is 12.1 Å². The highest BCUT2D eigenvalue weighted by Crippen LogP contribution is 2.43. The fourth-order valence-corrected chi connectivity index (χ4v) is 2.59. The van der Waals surface area contributed by atoms with Crippen LogP contribution >= 0.6 is 0 Å². The van der Waals surface area contributed by atoms with Crippen molar-refractivity contribution >= 4 is 5.97 Å². The number of hydrogen-bond acceptors (Lipinski definition) is 5. The van der Waals surface area contributed by atoms with E-state index in [1.807, 2.05) is 0 Å². The minimum atomic E-state index is -0.748. The number of methoxy groups -OCH3 is 2. The molecule has 1 aromatic heterocycles. The van der Waals surface area contributed by atoms with Gasteiger partial charge in [0.15, 0.2) is 17.6 Å². The molecule has 1 atom stereocenters. The zero-order chi connectivity index (χ0) is 15.1. The number of aromatic nitrogens is 2. The Hall–Kier alpha value is -2.70. The first-order valence-corrected chi connectivity index (χ1v) is 6.31. The average Bonchev–Trinajstić information content (AvgIpc) is 2.98. The van der Waals surface area contributed by atoms with E-state index in [0.717, 1.165) is 0 Å². The van der Waals surface area contributed by atoms with E-state index in [-0.39, 0.29) is 5.56 Å². The summed E-state index contributed by atoms with van der Waals surface area (Å²) in [6.07, 6.45) is -0.748. The van der Waals surface area contributed by atoms with Gasteiger partial charge in [0.1, 0.15) is 5.56 Å². The van der Waals surface area contributed by atoms with E-state index in [0.29, 0.717) is 33.9 Å². The number of ether oxygens (including phenoxy) is 3. The summed E-state index contributed by atoms with van der Waals surface area (Å²) in [5.41, 5.74) is 1.58. The highest BCUT2D eigenvalue weighted by molar-refractivity contribution is 5.98. The first-order valence-electron chi connectivity index (χ1n) is 6.31. The topological polar surface area (TPSA) is 93.4 Å². The van der Waals surface area contributed by atoms with Crippen LogP contribution < -0.4 is 15.0 Å². The molecule has 0 fully saturated rings. The Balaban J connectivity index is 2.22. The molecule has 3 rings (SSSR count). The van der Waals surface area contributed by atoms with Gasteiger partial charge in [-0.05, 0) is 13.0 Å². The molecule has 2 aromatic rings. The van der Waals surface area contributed by atoms with Crippen molar-refractivity contribution in [1.82, 2.24) is 10.2 Å². The number of rotatable bonds is 3. The van der Waals surface area contributed by atoms with Gasteiger partial charge in [0.2, 0.25) is 0 Å². The fraction of sp³-hybridized carbons (Fsp3) is 0.286. The molecule has 0 spiro atoms. The van der Waals surface area contributed by atoms with Crippen LogP contribution in [0.4, 0.5) is 0 Å². The minimum absolute atomic E-state index is 0.293. The van der Waals surface area contributed by atoms with Crippen molar-refractivity contribution in [2.24, 2.45) is 0 Å². The van der Waals surface area contributed by atoms with Gasteiger partial charge in [0, 0.05) is 11.3 Å². The van der Waals surface area contributed by atoms with Crippen LogP contribution in [0, 0.1) is 6.92 Å². The van der Waals surface area contributed by atoms with Crippen LogP contribution in [0.2, 0.25) is 0 Å². The van der Waals surface area contributed by atoms with Crippen LogP contribution in [-0.4, -0.2) is 30.4 Å². The lowest BCUT2D eigenvalue weighted by molar-refractivity contribution is 0.0451. The smallest absolute Gasteiger partial charge is 0.343 e. The fourth-order valence-electron chi connectivity index (χ4n) is 2.59.